The average molecular weight is 557 g/mol. The first kappa shape index (κ1) is 27.1. The standard InChI is InChI=1S/C22H18BrN3O3S2.K.H/c1-3-13(10-24)19(27)17-8-9-18(31-17)22(29)26-25-12(2)16-11-30-21(20(16)28)14-4-6-15(23)7-5-14;;/h4-9,11,13,28H,3H2,1-2H3,(H,26,29);;/q;+1;-1. The van der Waals surface area contributed by atoms with Crippen molar-refractivity contribution >= 4 is 56.0 Å². The van der Waals surface area contributed by atoms with E-state index in [2.05, 4.69) is 26.5 Å². The Balaban J connectivity index is 0.00000272. The van der Waals surface area contributed by atoms with Crippen LogP contribution < -0.4 is 56.8 Å². The third kappa shape index (κ3) is 6.24. The smallest absolute Gasteiger partial charge is 1.00 e. The molecule has 32 heavy (non-hydrogen) atoms. The number of nitrogens with one attached hydrogen (secondary N) is 1. The van der Waals surface area contributed by atoms with Gasteiger partial charge in [0.1, 0.15) is 11.7 Å². The van der Waals surface area contributed by atoms with Crippen LogP contribution in [0.4, 0.5) is 0 Å². The molecule has 1 atom stereocenters. The van der Waals surface area contributed by atoms with Crippen molar-refractivity contribution in [2.45, 2.75) is 20.3 Å². The number of amides is 1. The molecule has 0 saturated carbocycles. The van der Waals surface area contributed by atoms with Gasteiger partial charge < -0.3 is 6.53 Å². The molecule has 0 saturated heterocycles. The average Bonchev–Trinajstić information content (AvgIpc) is 3.40. The van der Waals surface area contributed by atoms with Gasteiger partial charge in [-0.3, -0.25) is 9.59 Å². The molecule has 1 unspecified atom stereocenters. The van der Waals surface area contributed by atoms with Crippen LogP contribution in [0, 0.1) is 17.2 Å². The van der Waals surface area contributed by atoms with E-state index >= 15 is 0 Å². The fraction of sp³-hybridized carbons (Fsp3) is 0.182. The summed E-state index contributed by atoms with van der Waals surface area (Å²) in [5.41, 5.74) is 4.33. The molecule has 2 N–H and O–H groups in total. The van der Waals surface area contributed by atoms with Gasteiger partial charge in [0.15, 0.2) is 5.78 Å². The molecule has 2 aromatic heterocycles. The maximum atomic E-state index is 12.4. The fourth-order valence-electron chi connectivity index (χ4n) is 2.76. The molecule has 3 aromatic rings. The number of Topliss-reactive ketones (excluding diaryl/α,β-unsaturated/α-hetero) is 1. The van der Waals surface area contributed by atoms with E-state index in [-0.39, 0.29) is 64.3 Å². The van der Waals surface area contributed by atoms with Crippen molar-refractivity contribution in [1.82, 2.24) is 5.43 Å². The van der Waals surface area contributed by atoms with E-state index < -0.39 is 11.8 Å². The Hall–Kier alpha value is -1.16. The molecule has 1 amide bonds. The van der Waals surface area contributed by atoms with Crippen molar-refractivity contribution < 1.29 is 67.5 Å². The number of thiophene rings is 2. The predicted octanol–water partition coefficient (Wildman–Crippen LogP) is 2.95. The van der Waals surface area contributed by atoms with Crippen molar-refractivity contribution in [2.24, 2.45) is 11.0 Å². The number of hydrogen-bond acceptors (Lipinski definition) is 7. The molecule has 2 heterocycles. The Kier molecular flexibility index (Phi) is 10.4. The zero-order valence-electron chi connectivity index (χ0n) is 18.7. The number of carbonyl (C=O) groups excluding carboxylic acids is 2. The number of rotatable bonds is 7. The fourth-order valence-corrected chi connectivity index (χ4v) is 4.93. The molecule has 0 fully saturated rings. The maximum Gasteiger partial charge on any atom is 1.00 e. The number of nitrogens with zero attached hydrogens (tertiary/aromatic N) is 2. The molecule has 0 radical (unpaired) electrons. The van der Waals surface area contributed by atoms with E-state index in [0.717, 1.165) is 21.4 Å². The maximum absolute atomic E-state index is 12.4. The second-order valence-corrected chi connectivity index (χ2v) is 9.47. The van der Waals surface area contributed by atoms with Gasteiger partial charge in [0.25, 0.3) is 5.91 Å². The molecule has 3 rings (SSSR count). The number of ketones is 1. The van der Waals surface area contributed by atoms with Crippen LogP contribution in [-0.4, -0.2) is 22.5 Å². The van der Waals surface area contributed by atoms with Gasteiger partial charge in [0.05, 0.1) is 32.0 Å². The van der Waals surface area contributed by atoms with Crippen LogP contribution in [0.5, 0.6) is 5.75 Å². The number of hydrazone groups is 1. The van der Waals surface area contributed by atoms with Crippen LogP contribution in [0.15, 0.2) is 51.4 Å². The quantitative estimate of drug-likeness (QED) is 0.202. The minimum absolute atomic E-state index is 0. The molecule has 0 spiro atoms. The largest absolute Gasteiger partial charge is 1.00 e. The van der Waals surface area contributed by atoms with Crippen molar-refractivity contribution in [3.63, 3.8) is 0 Å². The molecule has 6 nitrogen and oxygen atoms in total. The van der Waals surface area contributed by atoms with Crippen molar-refractivity contribution in [1.29, 1.82) is 5.26 Å². The molecule has 160 valence electrons. The third-order valence-electron chi connectivity index (χ3n) is 4.54. The SMILES string of the molecule is CCC(C#N)C(=O)c1ccc(C(=O)NN=C(C)c2csc(-c3ccc(Br)cc3)c2O)s1.[H-].[K+]. The van der Waals surface area contributed by atoms with E-state index in [1.54, 1.807) is 25.3 Å². The van der Waals surface area contributed by atoms with Gasteiger partial charge in [0, 0.05) is 9.85 Å². The summed E-state index contributed by atoms with van der Waals surface area (Å²) in [5.74, 6) is -1.35. The van der Waals surface area contributed by atoms with Gasteiger partial charge in [0.2, 0.25) is 0 Å². The summed E-state index contributed by atoms with van der Waals surface area (Å²) in [4.78, 5) is 26.1. The summed E-state index contributed by atoms with van der Waals surface area (Å²) >= 11 is 5.81. The second kappa shape index (κ2) is 12.3. The summed E-state index contributed by atoms with van der Waals surface area (Å²) in [7, 11) is 0. The van der Waals surface area contributed by atoms with Gasteiger partial charge in [-0.25, -0.2) is 5.43 Å². The first-order valence-corrected chi connectivity index (χ1v) is 11.8. The summed E-state index contributed by atoms with van der Waals surface area (Å²) in [6.45, 7) is 3.46. The number of aromatic hydroxyl groups is 1. The molecule has 0 aliphatic carbocycles. The first-order valence-electron chi connectivity index (χ1n) is 9.30. The van der Waals surface area contributed by atoms with E-state index in [1.807, 2.05) is 30.3 Å². The first-order chi connectivity index (χ1) is 14.8. The molecule has 0 aliphatic heterocycles. The summed E-state index contributed by atoms with van der Waals surface area (Å²) < 4.78 is 0.948. The molecule has 1 aromatic carbocycles. The summed E-state index contributed by atoms with van der Waals surface area (Å²) in [6, 6.07) is 12.7. The Labute approximate surface area is 246 Å². The van der Waals surface area contributed by atoms with Crippen molar-refractivity contribution in [3.05, 3.63) is 61.6 Å². The Morgan fingerprint density at radius 1 is 1.25 bits per heavy atom. The van der Waals surface area contributed by atoms with Gasteiger partial charge in [-0.05, 0) is 43.2 Å². The number of benzene rings is 1. The van der Waals surface area contributed by atoms with Crippen LogP contribution in [0.3, 0.4) is 0 Å². The summed E-state index contributed by atoms with van der Waals surface area (Å²) in [5, 5.41) is 25.5. The number of halogens is 1. The van der Waals surface area contributed by atoms with Crippen molar-refractivity contribution in [3.8, 4) is 22.3 Å². The Bertz CT molecular complexity index is 1200. The zero-order chi connectivity index (χ0) is 22.5. The van der Waals surface area contributed by atoms with Gasteiger partial charge in [-0.15, -0.1) is 22.7 Å². The predicted molar refractivity (Wildman–Crippen MR) is 128 cm³/mol. The van der Waals surface area contributed by atoms with Crippen LogP contribution in [-0.2, 0) is 0 Å². The molecule has 0 aliphatic rings. The second-order valence-electron chi connectivity index (χ2n) is 6.59. The number of carbonyl (C=O) groups is 2. The Morgan fingerprint density at radius 3 is 2.53 bits per heavy atom. The van der Waals surface area contributed by atoms with Gasteiger partial charge in [-0.1, -0.05) is 35.0 Å². The van der Waals surface area contributed by atoms with Gasteiger partial charge in [-0.2, -0.15) is 10.4 Å². The van der Waals surface area contributed by atoms with E-state index in [0.29, 0.717) is 32.3 Å². The van der Waals surface area contributed by atoms with Crippen LogP contribution >= 0.6 is 38.6 Å². The molecule has 0 bridgehead atoms. The Morgan fingerprint density at radius 2 is 1.91 bits per heavy atom. The molecular weight excluding hydrogens is 537 g/mol. The van der Waals surface area contributed by atoms with Crippen molar-refractivity contribution in [2.75, 3.05) is 0 Å². The minimum Gasteiger partial charge on any atom is -1.00 e. The van der Waals surface area contributed by atoms with Crippen LogP contribution in [0.1, 0.15) is 46.6 Å². The van der Waals surface area contributed by atoms with Crippen LogP contribution in [0.2, 0.25) is 0 Å². The normalized spacial score (nSPS) is 11.9. The minimum atomic E-state index is -0.712. The van der Waals surface area contributed by atoms with E-state index in [1.165, 1.54) is 17.4 Å². The van der Waals surface area contributed by atoms with Gasteiger partial charge >= 0.3 is 51.4 Å². The topological polar surface area (TPSA) is 103 Å². The zero-order valence-corrected chi connectivity index (χ0v) is 24.0. The third-order valence-corrected chi connectivity index (χ3v) is 7.18. The van der Waals surface area contributed by atoms with Crippen LogP contribution in [0.25, 0.3) is 10.4 Å². The van der Waals surface area contributed by atoms with E-state index in [9.17, 15) is 14.7 Å². The summed E-state index contributed by atoms with van der Waals surface area (Å²) in [6.07, 6.45) is 0.421. The molecule has 10 heteroatoms. The molecular formula is C22H19BrKN3O3S2. The monoisotopic (exact) mass is 555 g/mol. The number of nitriles is 1. The van der Waals surface area contributed by atoms with E-state index in [4.69, 9.17) is 5.26 Å². The number of hydrogen-bond donors (Lipinski definition) is 2.